The van der Waals surface area contributed by atoms with E-state index in [2.05, 4.69) is 5.10 Å². The maximum absolute atomic E-state index is 13.8. The average molecular weight is 292 g/mol. The second kappa shape index (κ2) is 6.21. The summed E-state index contributed by atoms with van der Waals surface area (Å²) in [4.78, 5) is 11.5. The lowest BCUT2D eigenvalue weighted by Crippen LogP contribution is -2.34. The van der Waals surface area contributed by atoms with Crippen molar-refractivity contribution >= 4 is 12.1 Å². The molecular weight excluding hydrogens is 281 g/mol. The van der Waals surface area contributed by atoms with E-state index in [1.165, 1.54) is 18.2 Å². The molecule has 0 saturated carbocycles. The summed E-state index contributed by atoms with van der Waals surface area (Å²) in [5.41, 5.74) is -0.108. The highest BCUT2D eigenvalue weighted by atomic mass is 19.3. The van der Waals surface area contributed by atoms with Gasteiger partial charge in [0, 0.05) is 5.56 Å². The average Bonchev–Trinajstić information content (AvgIpc) is 2.53. The van der Waals surface area contributed by atoms with Gasteiger partial charge >= 0.3 is 11.8 Å². The minimum absolute atomic E-state index is 0.482. The Labute approximate surface area is 119 Å². The quantitative estimate of drug-likeness (QED) is 0.482. The summed E-state index contributed by atoms with van der Waals surface area (Å²) in [7, 11) is 0. The number of hydrogen-bond donors (Lipinski definition) is 0. The zero-order chi connectivity index (χ0) is 15.3. The molecule has 0 aliphatic rings. The van der Waals surface area contributed by atoms with Crippen LogP contribution in [0.1, 0.15) is 11.1 Å². The van der Waals surface area contributed by atoms with Crippen LogP contribution in [0.2, 0.25) is 0 Å². The lowest BCUT2D eigenvalue weighted by Gasteiger charge is -2.16. The zero-order valence-electron chi connectivity index (χ0n) is 10.8. The van der Waals surface area contributed by atoms with Gasteiger partial charge in [-0.2, -0.15) is 8.78 Å². The number of alkyl halides is 2. The predicted octanol–water partition coefficient (Wildman–Crippen LogP) is 3.53. The van der Waals surface area contributed by atoms with Crippen molar-refractivity contribution in [3.63, 3.8) is 0 Å². The zero-order valence-corrected chi connectivity index (χ0v) is 10.8. The van der Waals surface area contributed by atoms with Crippen molar-refractivity contribution in [1.82, 2.24) is 5.23 Å². The molecule has 0 aliphatic carbocycles. The standard InChI is InChI=1S/C15H11F3N2O/c16-15(17,13-9-5-2-6-10-13)14(21)20(18)19-11-12-7-3-1-4-8-12/h1-11H. The molecule has 0 saturated heterocycles. The Balaban J connectivity index is 2.14. The second-order valence-corrected chi connectivity index (χ2v) is 4.16. The Morgan fingerprint density at radius 3 is 2.10 bits per heavy atom. The lowest BCUT2D eigenvalue weighted by atomic mass is 10.1. The highest BCUT2D eigenvalue weighted by Gasteiger charge is 2.45. The van der Waals surface area contributed by atoms with E-state index in [1.54, 1.807) is 30.3 Å². The minimum atomic E-state index is -3.98. The van der Waals surface area contributed by atoms with Gasteiger partial charge in [0.05, 0.1) is 6.21 Å². The first-order valence-electron chi connectivity index (χ1n) is 6.04. The van der Waals surface area contributed by atoms with E-state index in [9.17, 15) is 18.1 Å². The molecule has 0 atom stereocenters. The molecule has 0 radical (unpaired) electrons. The largest absolute Gasteiger partial charge is 0.354 e. The molecule has 0 N–H and O–H groups in total. The topological polar surface area (TPSA) is 32.7 Å². The molecule has 0 heterocycles. The molecule has 1 amide bonds. The van der Waals surface area contributed by atoms with Crippen LogP contribution in [0.3, 0.4) is 0 Å². The highest BCUT2D eigenvalue weighted by Crippen LogP contribution is 2.30. The Morgan fingerprint density at radius 1 is 1.00 bits per heavy atom. The van der Waals surface area contributed by atoms with Gasteiger partial charge in [0.25, 0.3) is 0 Å². The summed E-state index contributed by atoms with van der Waals surface area (Å²) in [6, 6.07) is 14.6. The van der Waals surface area contributed by atoms with Gasteiger partial charge in [0.2, 0.25) is 0 Å². The van der Waals surface area contributed by atoms with Crippen molar-refractivity contribution in [2.45, 2.75) is 5.92 Å². The molecule has 0 unspecified atom stereocenters. The van der Waals surface area contributed by atoms with Crippen LogP contribution in [0.4, 0.5) is 13.3 Å². The first-order chi connectivity index (χ1) is 10.0. The fourth-order valence-corrected chi connectivity index (χ4v) is 1.60. The maximum atomic E-state index is 13.8. The predicted molar refractivity (Wildman–Crippen MR) is 72.3 cm³/mol. The molecule has 0 spiro atoms. The van der Waals surface area contributed by atoms with Gasteiger partial charge < -0.3 is 0 Å². The molecule has 21 heavy (non-hydrogen) atoms. The number of hydrazone groups is 1. The first kappa shape index (κ1) is 14.8. The van der Waals surface area contributed by atoms with E-state index >= 15 is 0 Å². The molecule has 108 valence electrons. The first-order valence-corrected chi connectivity index (χ1v) is 6.04. The fourth-order valence-electron chi connectivity index (χ4n) is 1.60. The van der Waals surface area contributed by atoms with Crippen LogP contribution in [0.15, 0.2) is 65.8 Å². The third-order valence-electron chi connectivity index (χ3n) is 2.68. The fraction of sp³-hybridized carbons (Fsp3) is 0.0667. The molecule has 3 nitrogen and oxygen atoms in total. The Morgan fingerprint density at radius 2 is 1.52 bits per heavy atom. The van der Waals surface area contributed by atoms with E-state index in [1.807, 2.05) is 0 Å². The highest BCUT2D eigenvalue weighted by molar-refractivity contribution is 5.86. The minimum Gasteiger partial charge on any atom is -0.263 e. The van der Waals surface area contributed by atoms with Gasteiger partial charge in [-0.15, -0.1) is 5.10 Å². The van der Waals surface area contributed by atoms with Gasteiger partial charge in [-0.3, -0.25) is 4.79 Å². The van der Waals surface area contributed by atoms with Gasteiger partial charge in [0.1, 0.15) is 0 Å². The van der Waals surface area contributed by atoms with Gasteiger partial charge in [0.15, 0.2) is 0 Å². The molecule has 2 rings (SSSR count). The lowest BCUT2D eigenvalue weighted by molar-refractivity contribution is -0.175. The van der Waals surface area contributed by atoms with Crippen molar-refractivity contribution in [3.05, 3.63) is 71.8 Å². The van der Waals surface area contributed by atoms with E-state index in [4.69, 9.17) is 0 Å². The van der Waals surface area contributed by atoms with Crippen molar-refractivity contribution in [1.29, 1.82) is 0 Å². The Kier molecular flexibility index (Phi) is 4.37. The SMILES string of the molecule is O=C(N(F)N=Cc1ccccc1)C(F)(F)c1ccccc1. The van der Waals surface area contributed by atoms with E-state index < -0.39 is 22.6 Å². The van der Waals surface area contributed by atoms with Crippen molar-refractivity contribution in [3.8, 4) is 0 Å². The summed E-state index contributed by atoms with van der Waals surface area (Å²) in [6.07, 6.45) is 0.985. The number of hydrogen-bond acceptors (Lipinski definition) is 2. The molecular formula is C15H11F3N2O. The van der Waals surface area contributed by atoms with Crippen LogP contribution in [0.25, 0.3) is 0 Å². The van der Waals surface area contributed by atoms with Crippen molar-refractivity contribution in [2.24, 2.45) is 5.10 Å². The number of rotatable bonds is 4. The van der Waals surface area contributed by atoms with Crippen molar-refractivity contribution in [2.75, 3.05) is 0 Å². The van der Waals surface area contributed by atoms with Crippen LogP contribution in [0, 0.1) is 0 Å². The van der Waals surface area contributed by atoms with Crippen LogP contribution in [-0.2, 0) is 10.7 Å². The van der Waals surface area contributed by atoms with Crippen LogP contribution < -0.4 is 0 Å². The molecule has 2 aromatic carbocycles. The summed E-state index contributed by atoms with van der Waals surface area (Å²) in [6.45, 7) is 0. The maximum Gasteiger partial charge on any atom is 0.354 e. The smallest absolute Gasteiger partial charge is 0.263 e. The summed E-state index contributed by atoms with van der Waals surface area (Å²) < 4.78 is 41.1. The molecule has 0 bridgehead atoms. The second-order valence-electron chi connectivity index (χ2n) is 4.16. The Hall–Kier alpha value is -2.63. The monoisotopic (exact) mass is 292 g/mol. The number of amides is 1. The third-order valence-corrected chi connectivity index (χ3v) is 2.68. The van der Waals surface area contributed by atoms with E-state index in [-0.39, 0.29) is 0 Å². The number of carbonyl (C=O) groups is 1. The number of benzene rings is 2. The van der Waals surface area contributed by atoms with Gasteiger partial charge in [-0.1, -0.05) is 70.4 Å². The summed E-state index contributed by atoms with van der Waals surface area (Å²) in [5, 5.41) is 2.25. The van der Waals surface area contributed by atoms with Crippen LogP contribution >= 0.6 is 0 Å². The number of nitrogens with zero attached hydrogens (tertiary/aromatic N) is 2. The summed E-state index contributed by atoms with van der Waals surface area (Å²) in [5.74, 6) is -6.02. The van der Waals surface area contributed by atoms with Gasteiger partial charge in [-0.25, -0.2) is 0 Å². The molecule has 0 fully saturated rings. The molecule has 2 aromatic rings. The molecule has 0 aliphatic heterocycles. The number of halogens is 3. The van der Waals surface area contributed by atoms with Crippen LogP contribution in [-0.4, -0.2) is 17.4 Å². The third kappa shape index (κ3) is 3.47. The molecule has 6 heteroatoms. The van der Waals surface area contributed by atoms with E-state index in [0.29, 0.717) is 5.56 Å². The molecule has 0 aromatic heterocycles. The van der Waals surface area contributed by atoms with Gasteiger partial charge in [-0.05, 0) is 5.56 Å². The summed E-state index contributed by atoms with van der Waals surface area (Å²) >= 11 is 0. The van der Waals surface area contributed by atoms with Crippen molar-refractivity contribution < 1.29 is 18.1 Å². The normalized spacial score (nSPS) is 11.6. The van der Waals surface area contributed by atoms with Crippen LogP contribution in [0.5, 0.6) is 0 Å². The number of carbonyl (C=O) groups excluding carboxylic acids is 1. The van der Waals surface area contributed by atoms with E-state index in [0.717, 1.165) is 18.3 Å². The Bertz CT molecular complexity index is 630.